The summed E-state index contributed by atoms with van der Waals surface area (Å²) in [5.41, 5.74) is -0.594. The largest absolute Gasteiger partial charge is 0.444 e. The van der Waals surface area contributed by atoms with E-state index in [1.165, 1.54) is 0 Å². The highest BCUT2D eigenvalue weighted by molar-refractivity contribution is 8.00. The minimum atomic E-state index is -0.624. The molecule has 2 amide bonds. The third-order valence-electron chi connectivity index (χ3n) is 7.34. The van der Waals surface area contributed by atoms with Crippen molar-refractivity contribution in [2.75, 3.05) is 0 Å². The van der Waals surface area contributed by atoms with Gasteiger partial charge < -0.3 is 15.4 Å². The Morgan fingerprint density at radius 2 is 1.84 bits per heavy atom. The summed E-state index contributed by atoms with van der Waals surface area (Å²) in [7, 11) is 0. The van der Waals surface area contributed by atoms with Gasteiger partial charge in [-0.3, -0.25) is 10.1 Å². The number of fused-ring (bicyclic) bond motifs is 3. The summed E-state index contributed by atoms with van der Waals surface area (Å²) in [5.74, 6) is 1.06. The molecule has 31 heavy (non-hydrogen) atoms. The average Bonchev–Trinajstić information content (AvgIpc) is 3.09. The fraction of sp³-hybridized carbons (Fsp3) is 0.913. The first kappa shape index (κ1) is 23.1. The highest BCUT2D eigenvalue weighted by Crippen LogP contribution is 2.49. The Morgan fingerprint density at radius 3 is 2.61 bits per heavy atom. The van der Waals surface area contributed by atoms with Crippen LogP contribution in [0.1, 0.15) is 78.6 Å². The number of rotatable bonds is 3. The van der Waals surface area contributed by atoms with Gasteiger partial charge in [0.2, 0.25) is 5.91 Å². The first-order chi connectivity index (χ1) is 14.7. The molecule has 1 heterocycles. The quantitative estimate of drug-likeness (QED) is 0.597. The van der Waals surface area contributed by atoms with Gasteiger partial charge >= 0.3 is 6.09 Å². The van der Waals surface area contributed by atoms with Crippen LogP contribution < -0.4 is 16.0 Å². The van der Waals surface area contributed by atoms with Gasteiger partial charge in [-0.1, -0.05) is 6.42 Å². The molecule has 1 saturated heterocycles. The van der Waals surface area contributed by atoms with Crippen LogP contribution in [-0.4, -0.2) is 46.6 Å². The number of carbonyl (C=O) groups is 2. The number of nitrogens with one attached hydrogen (secondary N) is 3. The number of alkyl halides is 1. The smallest absolute Gasteiger partial charge is 0.407 e. The minimum Gasteiger partial charge on any atom is -0.444 e. The molecule has 1 aliphatic heterocycles. The van der Waals surface area contributed by atoms with E-state index in [0.29, 0.717) is 36.0 Å². The number of carbonyl (C=O) groups excluding carboxylic acids is 2. The molecule has 0 aromatic carbocycles. The Labute approximate surface area is 189 Å². The lowest BCUT2D eigenvalue weighted by Crippen LogP contribution is -2.49. The van der Waals surface area contributed by atoms with Crippen LogP contribution in [0, 0.1) is 17.8 Å². The molecular weight excluding hydrogens is 417 g/mol. The summed E-state index contributed by atoms with van der Waals surface area (Å²) in [6, 6.07) is 0.392. The van der Waals surface area contributed by atoms with Crippen LogP contribution >= 0.6 is 11.8 Å². The van der Waals surface area contributed by atoms with E-state index in [1.807, 2.05) is 32.5 Å². The maximum atomic E-state index is 13.8. The van der Waals surface area contributed by atoms with Crippen LogP contribution in [-0.2, 0) is 9.53 Å². The summed E-state index contributed by atoms with van der Waals surface area (Å²) >= 11 is 1.84. The molecule has 8 atom stereocenters. The molecule has 3 N–H and O–H groups in total. The van der Waals surface area contributed by atoms with Crippen LogP contribution in [0.4, 0.5) is 9.18 Å². The SMILES string of the molecule is CC(C)(C)OC(=O)N[C@H]1CCC[C@@H](C(=O)NC2NC3CCC4CC(F)CCC4C3S2)C1. The van der Waals surface area contributed by atoms with Gasteiger partial charge in [-0.15, -0.1) is 11.8 Å². The summed E-state index contributed by atoms with van der Waals surface area (Å²) < 4.78 is 19.2. The van der Waals surface area contributed by atoms with Crippen LogP contribution in [0.25, 0.3) is 0 Å². The van der Waals surface area contributed by atoms with Crippen molar-refractivity contribution in [1.29, 1.82) is 0 Å². The monoisotopic (exact) mass is 455 g/mol. The van der Waals surface area contributed by atoms with Crippen molar-refractivity contribution in [3.8, 4) is 0 Å². The molecule has 0 radical (unpaired) electrons. The van der Waals surface area contributed by atoms with E-state index in [-0.39, 0.29) is 23.4 Å². The zero-order chi connectivity index (χ0) is 22.2. The van der Waals surface area contributed by atoms with E-state index in [4.69, 9.17) is 4.74 Å². The summed E-state index contributed by atoms with van der Waals surface area (Å²) in [6.07, 6.45) is 6.83. The van der Waals surface area contributed by atoms with Gasteiger partial charge in [0.15, 0.2) is 0 Å². The van der Waals surface area contributed by atoms with Gasteiger partial charge in [0.05, 0.1) is 0 Å². The lowest BCUT2D eigenvalue weighted by Gasteiger charge is -2.42. The number of halogens is 1. The first-order valence-electron chi connectivity index (χ1n) is 12.0. The number of thioether (sulfide) groups is 1. The third kappa shape index (κ3) is 5.86. The molecule has 4 fully saturated rings. The Balaban J connectivity index is 1.26. The van der Waals surface area contributed by atoms with Gasteiger partial charge in [0.1, 0.15) is 17.3 Å². The number of ether oxygens (including phenoxy) is 1. The van der Waals surface area contributed by atoms with Gasteiger partial charge in [-0.05, 0) is 84.0 Å². The predicted octanol–water partition coefficient (Wildman–Crippen LogP) is 4.09. The van der Waals surface area contributed by atoms with Crippen molar-refractivity contribution in [2.45, 2.75) is 113 Å². The highest BCUT2D eigenvalue weighted by Gasteiger charge is 2.48. The normalized spacial score (nSPS) is 40.4. The lowest BCUT2D eigenvalue weighted by molar-refractivity contribution is -0.126. The van der Waals surface area contributed by atoms with Gasteiger partial charge in [0.25, 0.3) is 0 Å². The molecule has 4 rings (SSSR count). The van der Waals surface area contributed by atoms with Crippen LogP contribution in [0.5, 0.6) is 0 Å². The second kappa shape index (κ2) is 9.46. The summed E-state index contributed by atoms with van der Waals surface area (Å²) in [6.45, 7) is 5.54. The molecule has 0 spiro atoms. The molecule has 6 unspecified atom stereocenters. The zero-order valence-electron chi connectivity index (χ0n) is 19.0. The Bertz CT molecular complexity index is 673. The van der Waals surface area contributed by atoms with Gasteiger partial charge in [0, 0.05) is 23.3 Å². The van der Waals surface area contributed by atoms with Gasteiger partial charge in [-0.2, -0.15) is 0 Å². The summed E-state index contributed by atoms with van der Waals surface area (Å²) in [4.78, 5) is 25.1. The molecule has 3 saturated carbocycles. The fourth-order valence-electron chi connectivity index (χ4n) is 5.97. The second-order valence-corrected chi connectivity index (χ2v) is 12.2. The van der Waals surface area contributed by atoms with E-state index >= 15 is 0 Å². The molecule has 3 aliphatic carbocycles. The van der Waals surface area contributed by atoms with E-state index in [9.17, 15) is 14.0 Å². The summed E-state index contributed by atoms with van der Waals surface area (Å²) in [5, 5.41) is 10.3. The van der Waals surface area contributed by atoms with Crippen molar-refractivity contribution in [2.24, 2.45) is 17.8 Å². The molecule has 0 aromatic heterocycles. The molecule has 6 nitrogen and oxygen atoms in total. The maximum absolute atomic E-state index is 13.8. The fourth-order valence-corrected chi connectivity index (χ4v) is 7.69. The Kier molecular flexibility index (Phi) is 7.06. The average molecular weight is 456 g/mol. The van der Waals surface area contributed by atoms with Crippen LogP contribution in [0.3, 0.4) is 0 Å². The predicted molar refractivity (Wildman–Crippen MR) is 120 cm³/mol. The maximum Gasteiger partial charge on any atom is 0.407 e. The van der Waals surface area contributed by atoms with Gasteiger partial charge in [-0.25, -0.2) is 9.18 Å². The first-order valence-corrected chi connectivity index (χ1v) is 13.0. The van der Waals surface area contributed by atoms with Crippen molar-refractivity contribution >= 4 is 23.8 Å². The van der Waals surface area contributed by atoms with E-state index in [2.05, 4.69) is 16.0 Å². The van der Waals surface area contributed by atoms with Crippen molar-refractivity contribution in [3.05, 3.63) is 0 Å². The van der Waals surface area contributed by atoms with E-state index in [1.54, 1.807) is 0 Å². The number of hydrogen-bond acceptors (Lipinski definition) is 5. The van der Waals surface area contributed by atoms with Crippen molar-refractivity contribution < 1.29 is 18.7 Å². The molecule has 8 heteroatoms. The lowest BCUT2D eigenvalue weighted by atomic mass is 9.68. The molecule has 0 aromatic rings. The number of alkyl carbamates (subject to hydrolysis) is 1. The van der Waals surface area contributed by atoms with Crippen molar-refractivity contribution in [3.63, 3.8) is 0 Å². The zero-order valence-corrected chi connectivity index (χ0v) is 19.8. The standard InChI is InChI=1S/C23H38FN3O3S/c1-23(2,3)30-22(29)25-16-6-4-5-14(12-16)20(28)27-21-26-18-10-7-13-11-15(24)8-9-17(13)19(18)31-21/h13-19,21,26H,4-12H2,1-3H3,(H,25,29)(H,27,28)/t13?,14-,15?,16+,17?,18?,19?,21?/m1/s1. The van der Waals surface area contributed by atoms with E-state index < -0.39 is 17.9 Å². The minimum absolute atomic E-state index is 0.0252. The Hall–Kier alpha value is -1.02. The third-order valence-corrected chi connectivity index (χ3v) is 8.86. The second-order valence-electron chi connectivity index (χ2n) is 10.9. The molecule has 176 valence electrons. The molecule has 4 aliphatic rings. The topological polar surface area (TPSA) is 79.5 Å². The van der Waals surface area contributed by atoms with Crippen molar-refractivity contribution in [1.82, 2.24) is 16.0 Å². The van der Waals surface area contributed by atoms with Crippen LogP contribution in [0.15, 0.2) is 0 Å². The number of hydrogen-bond donors (Lipinski definition) is 3. The number of amides is 2. The molecule has 0 bridgehead atoms. The molecular formula is C23H38FN3O3S. The Morgan fingerprint density at radius 1 is 1.03 bits per heavy atom. The van der Waals surface area contributed by atoms with E-state index in [0.717, 1.165) is 44.9 Å². The highest BCUT2D eigenvalue weighted by atomic mass is 32.2. The van der Waals surface area contributed by atoms with Crippen LogP contribution in [0.2, 0.25) is 0 Å².